The van der Waals surface area contributed by atoms with E-state index in [1.54, 1.807) is 0 Å². The number of para-hydroxylation sites is 2. The highest BCUT2D eigenvalue weighted by Gasteiger charge is 2.21. The molecular weight excluding hydrogens is 336 g/mol. The van der Waals surface area contributed by atoms with Crippen LogP contribution in [-0.2, 0) is 16.4 Å². The predicted molar refractivity (Wildman–Crippen MR) is 102 cm³/mol. The van der Waals surface area contributed by atoms with Gasteiger partial charge in [-0.15, -0.1) is 0 Å². The van der Waals surface area contributed by atoms with Crippen LogP contribution in [0.5, 0.6) is 0 Å². The van der Waals surface area contributed by atoms with Crippen molar-refractivity contribution in [1.29, 1.82) is 0 Å². The number of piperazine rings is 1. The molecule has 0 bridgehead atoms. The molecule has 0 spiro atoms. The van der Waals surface area contributed by atoms with Gasteiger partial charge in [0.1, 0.15) is 15.7 Å². The van der Waals surface area contributed by atoms with E-state index in [0.717, 1.165) is 44.1 Å². The zero-order valence-electron chi connectivity index (χ0n) is 15.4. The fourth-order valence-electron chi connectivity index (χ4n) is 3.45. The number of imidazole rings is 1. The van der Waals surface area contributed by atoms with Crippen LogP contribution in [0.2, 0.25) is 0 Å². The number of rotatable bonds is 6. The van der Waals surface area contributed by atoms with E-state index in [9.17, 15) is 8.42 Å². The molecule has 1 aliphatic rings. The van der Waals surface area contributed by atoms with Gasteiger partial charge in [0.25, 0.3) is 0 Å². The first-order valence-corrected chi connectivity index (χ1v) is 11.0. The average molecular weight is 365 g/mol. The van der Waals surface area contributed by atoms with Crippen molar-refractivity contribution >= 4 is 20.9 Å². The summed E-state index contributed by atoms with van der Waals surface area (Å²) in [6.45, 7) is 9.59. The molecule has 2 aromatic rings. The van der Waals surface area contributed by atoms with Crippen LogP contribution in [0, 0.1) is 0 Å². The Morgan fingerprint density at radius 2 is 1.72 bits per heavy atom. The second kappa shape index (κ2) is 7.43. The highest BCUT2D eigenvalue weighted by molar-refractivity contribution is 7.90. The van der Waals surface area contributed by atoms with E-state index in [1.165, 1.54) is 11.8 Å². The summed E-state index contributed by atoms with van der Waals surface area (Å²) in [6, 6.07) is 8.67. The molecule has 0 amide bonds. The minimum absolute atomic E-state index is 0.246. The van der Waals surface area contributed by atoms with Gasteiger partial charge >= 0.3 is 0 Å². The highest BCUT2D eigenvalue weighted by atomic mass is 32.2. The maximum Gasteiger partial charge on any atom is 0.148 e. The van der Waals surface area contributed by atoms with Gasteiger partial charge in [-0.2, -0.15) is 0 Å². The monoisotopic (exact) mass is 364 g/mol. The van der Waals surface area contributed by atoms with Crippen LogP contribution >= 0.6 is 0 Å². The second-order valence-corrected chi connectivity index (χ2v) is 9.49. The molecule has 138 valence electrons. The van der Waals surface area contributed by atoms with E-state index in [0.29, 0.717) is 12.6 Å². The molecule has 1 aromatic carbocycles. The Morgan fingerprint density at radius 1 is 1.08 bits per heavy atom. The summed E-state index contributed by atoms with van der Waals surface area (Å²) in [5.41, 5.74) is 2.25. The normalized spacial score (nSPS) is 17.6. The van der Waals surface area contributed by atoms with E-state index >= 15 is 0 Å². The van der Waals surface area contributed by atoms with Crippen LogP contribution in [0.4, 0.5) is 0 Å². The smallest absolute Gasteiger partial charge is 0.148 e. The van der Waals surface area contributed by atoms with E-state index in [1.807, 2.05) is 6.07 Å². The minimum atomic E-state index is -2.88. The molecule has 0 atom stereocenters. The van der Waals surface area contributed by atoms with Gasteiger partial charge in [0.2, 0.25) is 0 Å². The summed E-state index contributed by atoms with van der Waals surface area (Å²) in [4.78, 5) is 9.50. The summed E-state index contributed by atoms with van der Waals surface area (Å²) in [5.74, 6) is 1.36. The van der Waals surface area contributed by atoms with Gasteiger partial charge in [-0.1, -0.05) is 12.1 Å². The Bertz CT molecular complexity index is 821. The van der Waals surface area contributed by atoms with Gasteiger partial charge in [-0.05, 0) is 26.0 Å². The van der Waals surface area contributed by atoms with Crippen LogP contribution in [0.25, 0.3) is 11.0 Å². The van der Waals surface area contributed by atoms with Crippen molar-refractivity contribution in [2.75, 3.05) is 44.7 Å². The van der Waals surface area contributed by atoms with Crippen LogP contribution in [0.3, 0.4) is 0 Å². The quantitative estimate of drug-likeness (QED) is 0.782. The number of nitrogens with zero attached hydrogens (tertiary/aromatic N) is 4. The third-order valence-electron chi connectivity index (χ3n) is 4.79. The maximum atomic E-state index is 11.3. The topological polar surface area (TPSA) is 58.4 Å². The first kappa shape index (κ1) is 18.4. The van der Waals surface area contributed by atoms with Crippen molar-refractivity contribution in [3.05, 3.63) is 30.1 Å². The molecule has 2 heterocycles. The summed E-state index contributed by atoms with van der Waals surface area (Å²) in [7, 11) is -2.88. The van der Waals surface area contributed by atoms with Gasteiger partial charge < -0.3 is 4.57 Å². The van der Waals surface area contributed by atoms with E-state index < -0.39 is 9.84 Å². The van der Waals surface area contributed by atoms with Crippen LogP contribution in [0.1, 0.15) is 25.7 Å². The van der Waals surface area contributed by atoms with Gasteiger partial charge in [-0.3, -0.25) is 9.80 Å². The lowest BCUT2D eigenvalue weighted by molar-refractivity contribution is 0.129. The summed E-state index contributed by atoms with van der Waals surface area (Å²) < 4.78 is 25.0. The van der Waals surface area contributed by atoms with E-state index in [4.69, 9.17) is 4.98 Å². The Morgan fingerprint density at radius 3 is 2.36 bits per heavy atom. The molecule has 3 rings (SSSR count). The molecule has 25 heavy (non-hydrogen) atoms. The zero-order valence-corrected chi connectivity index (χ0v) is 16.2. The van der Waals surface area contributed by atoms with Gasteiger partial charge in [0, 0.05) is 45.0 Å². The number of sulfone groups is 1. The fourth-order valence-corrected chi connectivity index (χ4v) is 4.04. The number of benzene rings is 1. The lowest BCUT2D eigenvalue weighted by Gasteiger charge is -2.34. The predicted octanol–water partition coefficient (Wildman–Crippen LogP) is 1.78. The van der Waals surface area contributed by atoms with Crippen LogP contribution < -0.4 is 0 Å². The number of hydrogen-bond acceptors (Lipinski definition) is 5. The Balaban J connectivity index is 1.64. The molecule has 0 N–H and O–H groups in total. The second-order valence-electron chi connectivity index (χ2n) is 7.23. The largest absolute Gasteiger partial charge is 0.324 e. The summed E-state index contributed by atoms with van der Waals surface area (Å²) >= 11 is 0. The third-order valence-corrected chi connectivity index (χ3v) is 5.72. The van der Waals surface area contributed by atoms with E-state index in [-0.39, 0.29) is 5.75 Å². The SMILES string of the molecule is CC(C)n1c(CN2CCN(CCS(C)(=O)=O)CC2)nc2ccccc21. The highest BCUT2D eigenvalue weighted by Crippen LogP contribution is 2.22. The molecule has 0 saturated carbocycles. The Kier molecular flexibility index (Phi) is 5.46. The molecular formula is C18H28N4O2S. The molecule has 1 aliphatic heterocycles. The van der Waals surface area contributed by atoms with Gasteiger partial charge in [0.05, 0.1) is 23.3 Å². The van der Waals surface area contributed by atoms with Gasteiger partial charge in [-0.25, -0.2) is 13.4 Å². The zero-order chi connectivity index (χ0) is 18.0. The molecule has 1 aromatic heterocycles. The van der Waals surface area contributed by atoms with Crippen LogP contribution in [0.15, 0.2) is 24.3 Å². The standard InChI is InChI=1S/C18H28N4O2S/c1-15(2)22-17-7-5-4-6-16(17)19-18(22)14-21-10-8-20(9-11-21)12-13-25(3,23)24/h4-7,15H,8-14H2,1-3H3. The maximum absolute atomic E-state index is 11.3. The Hall–Kier alpha value is -1.44. The summed E-state index contributed by atoms with van der Waals surface area (Å²) in [5, 5.41) is 0. The summed E-state index contributed by atoms with van der Waals surface area (Å²) in [6.07, 6.45) is 1.31. The minimum Gasteiger partial charge on any atom is -0.324 e. The molecule has 0 aliphatic carbocycles. The number of aromatic nitrogens is 2. The average Bonchev–Trinajstić information content (AvgIpc) is 2.91. The van der Waals surface area contributed by atoms with Gasteiger partial charge in [0.15, 0.2) is 0 Å². The van der Waals surface area contributed by atoms with Crippen molar-refractivity contribution in [1.82, 2.24) is 19.4 Å². The lowest BCUT2D eigenvalue weighted by atomic mass is 10.3. The van der Waals surface area contributed by atoms with Crippen molar-refractivity contribution in [2.45, 2.75) is 26.4 Å². The van der Waals surface area contributed by atoms with Crippen molar-refractivity contribution in [3.8, 4) is 0 Å². The first-order chi connectivity index (χ1) is 11.8. The molecule has 0 radical (unpaired) electrons. The van der Waals surface area contributed by atoms with Crippen LogP contribution in [-0.4, -0.2) is 72.5 Å². The van der Waals surface area contributed by atoms with Crippen molar-refractivity contribution in [3.63, 3.8) is 0 Å². The number of fused-ring (bicyclic) bond motifs is 1. The fraction of sp³-hybridized carbons (Fsp3) is 0.611. The van der Waals surface area contributed by atoms with Crippen molar-refractivity contribution < 1.29 is 8.42 Å². The first-order valence-electron chi connectivity index (χ1n) is 8.92. The third kappa shape index (κ3) is 4.59. The van der Waals surface area contributed by atoms with Crippen molar-refractivity contribution in [2.24, 2.45) is 0 Å². The van der Waals surface area contributed by atoms with E-state index in [2.05, 4.69) is 46.4 Å². The lowest BCUT2D eigenvalue weighted by Crippen LogP contribution is -2.47. The molecule has 7 heteroatoms. The molecule has 6 nitrogen and oxygen atoms in total. The molecule has 1 saturated heterocycles. The molecule has 0 unspecified atom stereocenters. The number of hydrogen-bond donors (Lipinski definition) is 0. The Labute approximate surface area is 150 Å². The molecule has 1 fully saturated rings.